The highest BCUT2D eigenvalue weighted by Crippen LogP contribution is 2.13. The molecule has 0 bridgehead atoms. The molecule has 0 nitrogen and oxygen atoms in total. The van der Waals surface area contributed by atoms with Gasteiger partial charge in [0.05, 0.1) is 0 Å². The zero-order chi connectivity index (χ0) is 13.3. The molecule has 2 heteroatoms. The van der Waals surface area contributed by atoms with Crippen LogP contribution in [-0.4, -0.2) is 11.2 Å². The topological polar surface area (TPSA) is 0 Å². The molecule has 0 aliphatic heterocycles. The standard InChI is InChI=1S/C16H32BrCl/c17-15-13-11-9-7-5-3-1-2-4-6-8-10-12-14-16-18/h1-16H2. The lowest BCUT2D eigenvalue weighted by molar-refractivity contribution is 0.539. The van der Waals surface area contributed by atoms with Crippen LogP contribution in [0.3, 0.4) is 0 Å². The van der Waals surface area contributed by atoms with Crippen molar-refractivity contribution in [3.05, 3.63) is 0 Å². The van der Waals surface area contributed by atoms with E-state index in [2.05, 4.69) is 15.9 Å². The summed E-state index contributed by atoms with van der Waals surface area (Å²) in [7, 11) is 0. The number of halogens is 2. The van der Waals surface area contributed by atoms with Crippen molar-refractivity contribution in [1.29, 1.82) is 0 Å². The summed E-state index contributed by atoms with van der Waals surface area (Å²) in [5.74, 6) is 0.843. The monoisotopic (exact) mass is 338 g/mol. The van der Waals surface area contributed by atoms with E-state index in [1.807, 2.05) is 0 Å². The minimum absolute atomic E-state index is 0.843. The Morgan fingerprint density at radius 3 is 1.00 bits per heavy atom. The van der Waals surface area contributed by atoms with Gasteiger partial charge in [0.25, 0.3) is 0 Å². The molecule has 0 amide bonds. The van der Waals surface area contributed by atoms with Crippen molar-refractivity contribution in [3.8, 4) is 0 Å². The second kappa shape index (κ2) is 17.8. The molecule has 0 saturated carbocycles. The predicted octanol–water partition coefficient (Wildman–Crippen LogP) is 7.08. The van der Waals surface area contributed by atoms with Gasteiger partial charge in [-0.2, -0.15) is 0 Å². The Balaban J connectivity index is 2.86. The van der Waals surface area contributed by atoms with Gasteiger partial charge in [-0.05, 0) is 12.8 Å². The fraction of sp³-hybridized carbons (Fsp3) is 1.00. The summed E-state index contributed by atoms with van der Waals surface area (Å²) in [5.41, 5.74) is 0. The SMILES string of the molecule is ClCCCCCCCCCCCCCCCCBr. The Morgan fingerprint density at radius 1 is 0.444 bits per heavy atom. The molecule has 18 heavy (non-hydrogen) atoms. The van der Waals surface area contributed by atoms with E-state index in [9.17, 15) is 0 Å². The average Bonchev–Trinajstić information content (AvgIpc) is 2.39. The van der Waals surface area contributed by atoms with Crippen LogP contribution in [0.1, 0.15) is 89.9 Å². The van der Waals surface area contributed by atoms with Crippen molar-refractivity contribution in [2.75, 3.05) is 11.2 Å². The minimum Gasteiger partial charge on any atom is -0.127 e. The van der Waals surface area contributed by atoms with Crippen molar-refractivity contribution in [2.24, 2.45) is 0 Å². The van der Waals surface area contributed by atoms with Crippen LogP contribution in [-0.2, 0) is 0 Å². The van der Waals surface area contributed by atoms with Crippen LogP contribution in [0.15, 0.2) is 0 Å². The molecule has 0 unspecified atom stereocenters. The molecule has 0 aliphatic rings. The van der Waals surface area contributed by atoms with Crippen LogP contribution in [0.2, 0.25) is 0 Å². The Labute approximate surface area is 128 Å². The molecule has 0 aromatic heterocycles. The molecule has 0 aromatic carbocycles. The molecule has 0 saturated heterocycles. The number of hydrogen-bond donors (Lipinski definition) is 0. The van der Waals surface area contributed by atoms with Crippen LogP contribution in [0, 0.1) is 0 Å². The molecular weight excluding hydrogens is 308 g/mol. The van der Waals surface area contributed by atoms with Gasteiger partial charge in [-0.1, -0.05) is 93.0 Å². The van der Waals surface area contributed by atoms with Gasteiger partial charge < -0.3 is 0 Å². The quantitative estimate of drug-likeness (QED) is 0.221. The van der Waals surface area contributed by atoms with Gasteiger partial charge in [0, 0.05) is 11.2 Å². The highest BCUT2D eigenvalue weighted by Gasteiger charge is 1.93. The molecule has 0 heterocycles. The highest BCUT2D eigenvalue weighted by atomic mass is 79.9. The van der Waals surface area contributed by atoms with Crippen LogP contribution in [0.25, 0.3) is 0 Å². The third-order valence-corrected chi connectivity index (χ3v) is 4.35. The largest absolute Gasteiger partial charge is 0.127 e. The van der Waals surface area contributed by atoms with Gasteiger partial charge in [0.2, 0.25) is 0 Å². The first-order chi connectivity index (χ1) is 8.91. The van der Waals surface area contributed by atoms with E-state index in [1.54, 1.807) is 0 Å². The summed E-state index contributed by atoms with van der Waals surface area (Å²) in [5, 5.41) is 1.18. The highest BCUT2D eigenvalue weighted by molar-refractivity contribution is 9.09. The first kappa shape index (κ1) is 18.8. The molecule has 0 N–H and O–H groups in total. The average molecular weight is 340 g/mol. The summed E-state index contributed by atoms with van der Waals surface area (Å²) in [4.78, 5) is 0. The molecule has 0 atom stereocenters. The third-order valence-electron chi connectivity index (χ3n) is 3.52. The minimum atomic E-state index is 0.843. The van der Waals surface area contributed by atoms with Crippen molar-refractivity contribution in [3.63, 3.8) is 0 Å². The number of unbranched alkanes of at least 4 members (excludes halogenated alkanes) is 13. The van der Waals surface area contributed by atoms with Crippen LogP contribution in [0.5, 0.6) is 0 Å². The summed E-state index contributed by atoms with van der Waals surface area (Å²) in [6, 6.07) is 0. The van der Waals surface area contributed by atoms with E-state index in [0.29, 0.717) is 0 Å². The summed E-state index contributed by atoms with van der Waals surface area (Å²) < 4.78 is 0. The second-order valence-electron chi connectivity index (χ2n) is 5.33. The Morgan fingerprint density at radius 2 is 0.722 bits per heavy atom. The third kappa shape index (κ3) is 16.8. The van der Waals surface area contributed by atoms with Gasteiger partial charge in [-0.3, -0.25) is 0 Å². The maximum atomic E-state index is 5.65. The number of hydrogen-bond acceptors (Lipinski definition) is 0. The maximum Gasteiger partial charge on any atom is 0.0223 e. The van der Waals surface area contributed by atoms with E-state index >= 15 is 0 Å². The van der Waals surface area contributed by atoms with E-state index in [0.717, 1.165) is 5.88 Å². The van der Waals surface area contributed by atoms with E-state index < -0.39 is 0 Å². The predicted molar refractivity (Wildman–Crippen MR) is 89.2 cm³/mol. The van der Waals surface area contributed by atoms with Crippen molar-refractivity contribution in [1.82, 2.24) is 0 Å². The summed E-state index contributed by atoms with van der Waals surface area (Å²) >= 11 is 9.13. The molecule has 110 valence electrons. The summed E-state index contributed by atoms with van der Waals surface area (Å²) in [6.45, 7) is 0. The van der Waals surface area contributed by atoms with Crippen molar-refractivity contribution < 1.29 is 0 Å². The zero-order valence-electron chi connectivity index (χ0n) is 12.1. The molecular formula is C16H32BrCl. The van der Waals surface area contributed by atoms with Crippen LogP contribution >= 0.6 is 27.5 Å². The zero-order valence-corrected chi connectivity index (χ0v) is 14.4. The normalized spacial score (nSPS) is 11.0. The molecule has 0 aliphatic carbocycles. The first-order valence-corrected chi connectivity index (χ1v) is 9.69. The van der Waals surface area contributed by atoms with Crippen molar-refractivity contribution >= 4 is 27.5 Å². The van der Waals surface area contributed by atoms with Gasteiger partial charge in [0.15, 0.2) is 0 Å². The smallest absolute Gasteiger partial charge is 0.0223 e. The van der Waals surface area contributed by atoms with Gasteiger partial charge in [-0.15, -0.1) is 11.6 Å². The lowest BCUT2D eigenvalue weighted by Gasteiger charge is -2.02. The molecule has 0 rings (SSSR count). The first-order valence-electron chi connectivity index (χ1n) is 8.03. The molecule has 0 fully saturated rings. The Hall–Kier alpha value is 0.770. The second-order valence-corrected chi connectivity index (χ2v) is 6.50. The van der Waals surface area contributed by atoms with Gasteiger partial charge in [0.1, 0.15) is 0 Å². The van der Waals surface area contributed by atoms with E-state index in [-0.39, 0.29) is 0 Å². The molecule has 0 aromatic rings. The lowest BCUT2D eigenvalue weighted by atomic mass is 10.0. The van der Waals surface area contributed by atoms with E-state index in [1.165, 1.54) is 95.2 Å². The lowest BCUT2D eigenvalue weighted by Crippen LogP contribution is -1.83. The van der Waals surface area contributed by atoms with Gasteiger partial charge >= 0.3 is 0 Å². The maximum absolute atomic E-state index is 5.65. The number of alkyl halides is 2. The van der Waals surface area contributed by atoms with E-state index in [4.69, 9.17) is 11.6 Å². The Kier molecular flexibility index (Phi) is 18.5. The van der Waals surface area contributed by atoms with Crippen molar-refractivity contribution in [2.45, 2.75) is 89.9 Å². The molecule has 0 spiro atoms. The summed E-state index contributed by atoms with van der Waals surface area (Å²) in [6.07, 6.45) is 19.7. The van der Waals surface area contributed by atoms with Gasteiger partial charge in [-0.25, -0.2) is 0 Å². The Bertz CT molecular complexity index is 123. The van der Waals surface area contributed by atoms with Crippen LogP contribution in [0.4, 0.5) is 0 Å². The van der Waals surface area contributed by atoms with Crippen LogP contribution < -0.4 is 0 Å². The number of rotatable bonds is 15. The fourth-order valence-electron chi connectivity index (χ4n) is 2.31. The fourth-order valence-corrected chi connectivity index (χ4v) is 2.90. The molecule has 0 radical (unpaired) electrons.